The molecule has 1 unspecified atom stereocenters. The Kier molecular flexibility index (Phi) is 5.37. The first-order chi connectivity index (χ1) is 10.1. The number of hydrogen-bond acceptors (Lipinski definition) is 2. The number of carboxylic acid groups (broad SMARTS) is 1. The molecule has 0 radical (unpaired) electrons. The zero-order valence-corrected chi connectivity index (χ0v) is 12.5. The molecule has 0 aliphatic carbocycles. The summed E-state index contributed by atoms with van der Waals surface area (Å²) < 4.78 is 0. The average Bonchev–Trinajstić information content (AvgIpc) is 2.48. The molecule has 1 fully saturated rings. The van der Waals surface area contributed by atoms with Gasteiger partial charge >= 0.3 is 5.97 Å². The van der Waals surface area contributed by atoms with Crippen LogP contribution in [0.25, 0.3) is 0 Å². The van der Waals surface area contributed by atoms with Gasteiger partial charge in [-0.05, 0) is 36.8 Å². The van der Waals surface area contributed by atoms with Crippen molar-refractivity contribution >= 4 is 11.9 Å². The van der Waals surface area contributed by atoms with Gasteiger partial charge in [-0.2, -0.15) is 0 Å². The summed E-state index contributed by atoms with van der Waals surface area (Å²) in [6.07, 6.45) is 4.74. The van der Waals surface area contributed by atoms with Crippen LogP contribution in [0.3, 0.4) is 0 Å². The number of benzene rings is 1. The summed E-state index contributed by atoms with van der Waals surface area (Å²) in [4.78, 5) is 25.5. The number of nitrogens with zero attached hydrogens (tertiary/aromatic N) is 1. The SMILES string of the molecule is CCCC1CCCN(C(=O)Cc2ccccc2C(=O)O)C1. The van der Waals surface area contributed by atoms with Crippen molar-refractivity contribution in [1.29, 1.82) is 0 Å². The van der Waals surface area contributed by atoms with E-state index in [4.69, 9.17) is 0 Å². The van der Waals surface area contributed by atoms with Crippen LogP contribution < -0.4 is 0 Å². The molecule has 114 valence electrons. The second-order valence-corrected chi connectivity index (χ2v) is 5.78. The summed E-state index contributed by atoms with van der Waals surface area (Å²) in [6.45, 7) is 3.79. The first kappa shape index (κ1) is 15.5. The lowest BCUT2D eigenvalue weighted by atomic mass is 9.93. The molecule has 0 aromatic heterocycles. The van der Waals surface area contributed by atoms with Gasteiger partial charge in [-0.15, -0.1) is 0 Å². The van der Waals surface area contributed by atoms with Gasteiger partial charge in [0.1, 0.15) is 0 Å². The number of amides is 1. The van der Waals surface area contributed by atoms with Crippen molar-refractivity contribution in [2.24, 2.45) is 5.92 Å². The molecule has 0 spiro atoms. The number of likely N-dealkylation sites (tertiary alicyclic amines) is 1. The van der Waals surface area contributed by atoms with Crippen molar-refractivity contribution in [2.45, 2.75) is 39.0 Å². The molecule has 1 aliphatic rings. The number of carbonyl (C=O) groups is 2. The fraction of sp³-hybridized carbons (Fsp3) is 0.529. The number of carboxylic acids is 1. The monoisotopic (exact) mass is 289 g/mol. The largest absolute Gasteiger partial charge is 0.478 e. The van der Waals surface area contributed by atoms with Gasteiger partial charge in [0.2, 0.25) is 5.91 Å². The van der Waals surface area contributed by atoms with E-state index in [9.17, 15) is 14.7 Å². The predicted octanol–water partition coefficient (Wildman–Crippen LogP) is 2.97. The van der Waals surface area contributed by atoms with E-state index in [2.05, 4.69) is 6.92 Å². The highest BCUT2D eigenvalue weighted by molar-refractivity contribution is 5.91. The molecule has 1 N–H and O–H groups in total. The highest BCUT2D eigenvalue weighted by Gasteiger charge is 2.24. The first-order valence-electron chi connectivity index (χ1n) is 7.70. The first-order valence-corrected chi connectivity index (χ1v) is 7.70. The normalized spacial score (nSPS) is 18.5. The van der Waals surface area contributed by atoms with Gasteiger partial charge in [-0.3, -0.25) is 4.79 Å². The lowest BCUT2D eigenvalue weighted by Crippen LogP contribution is -2.40. The third kappa shape index (κ3) is 4.06. The zero-order valence-electron chi connectivity index (χ0n) is 12.5. The number of aromatic carboxylic acids is 1. The van der Waals surface area contributed by atoms with Crippen LogP contribution in [0.5, 0.6) is 0 Å². The van der Waals surface area contributed by atoms with Crippen molar-refractivity contribution in [2.75, 3.05) is 13.1 Å². The molecular weight excluding hydrogens is 266 g/mol. The maximum absolute atomic E-state index is 12.4. The van der Waals surface area contributed by atoms with Crippen LogP contribution in [0.2, 0.25) is 0 Å². The van der Waals surface area contributed by atoms with Gasteiger partial charge < -0.3 is 10.0 Å². The fourth-order valence-electron chi connectivity index (χ4n) is 3.09. The Morgan fingerprint density at radius 2 is 2.10 bits per heavy atom. The Morgan fingerprint density at radius 1 is 1.33 bits per heavy atom. The number of rotatable bonds is 5. The van der Waals surface area contributed by atoms with Gasteiger partial charge in [0.25, 0.3) is 0 Å². The molecule has 1 amide bonds. The summed E-state index contributed by atoms with van der Waals surface area (Å²) in [5, 5.41) is 9.18. The van der Waals surface area contributed by atoms with Gasteiger partial charge in [-0.1, -0.05) is 31.5 Å². The van der Waals surface area contributed by atoms with E-state index in [-0.39, 0.29) is 17.9 Å². The van der Waals surface area contributed by atoms with Crippen LogP contribution in [0.1, 0.15) is 48.5 Å². The van der Waals surface area contributed by atoms with E-state index in [1.54, 1.807) is 24.3 Å². The van der Waals surface area contributed by atoms with Crippen LogP contribution in [0.15, 0.2) is 24.3 Å². The summed E-state index contributed by atoms with van der Waals surface area (Å²) in [6, 6.07) is 6.76. The van der Waals surface area contributed by atoms with E-state index in [0.29, 0.717) is 11.5 Å². The average molecular weight is 289 g/mol. The molecule has 1 aromatic rings. The number of hydrogen-bond donors (Lipinski definition) is 1. The standard InChI is InChI=1S/C17H23NO3/c1-2-6-13-7-5-10-18(12-13)16(19)11-14-8-3-4-9-15(14)17(20)21/h3-4,8-9,13H,2,5-7,10-12H2,1H3,(H,20,21). The molecule has 1 atom stereocenters. The van der Waals surface area contributed by atoms with Crippen LogP contribution in [-0.2, 0) is 11.2 Å². The predicted molar refractivity (Wildman–Crippen MR) is 81.3 cm³/mol. The van der Waals surface area contributed by atoms with Crippen molar-refractivity contribution in [3.63, 3.8) is 0 Å². The molecule has 1 heterocycles. The van der Waals surface area contributed by atoms with Gasteiger partial charge in [0.15, 0.2) is 0 Å². The van der Waals surface area contributed by atoms with E-state index in [1.807, 2.05) is 4.90 Å². The van der Waals surface area contributed by atoms with Crippen molar-refractivity contribution in [3.05, 3.63) is 35.4 Å². The van der Waals surface area contributed by atoms with Crippen LogP contribution in [-0.4, -0.2) is 35.0 Å². The van der Waals surface area contributed by atoms with E-state index in [0.717, 1.165) is 32.4 Å². The molecule has 0 saturated carbocycles. The minimum Gasteiger partial charge on any atom is -0.478 e. The Labute approximate surface area is 125 Å². The van der Waals surface area contributed by atoms with Crippen LogP contribution in [0, 0.1) is 5.92 Å². The summed E-state index contributed by atoms with van der Waals surface area (Å²) in [5.74, 6) is -0.326. The van der Waals surface area contributed by atoms with Gasteiger partial charge in [0, 0.05) is 13.1 Å². The molecule has 2 rings (SSSR count). The minimum atomic E-state index is -0.971. The van der Waals surface area contributed by atoms with Crippen LogP contribution in [0.4, 0.5) is 0 Å². The quantitative estimate of drug-likeness (QED) is 0.906. The molecule has 21 heavy (non-hydrogen) atoms. The van der Waals surface area contributed by atoms with Crippen molar-refractivity contribution < 1.29 is 14.7 Å². The van der Waals surface area contributed by atoms with E-state index < -0.39 is 5.97 Å². The summed E-state index contributed by atoms with van der Waals surface area (Å²) >= 11 is 0. The zero-order chi connectivity index (χ0) is 15.2. The van der Waals surface area contributed by atoms with Crippen LogP contribution >= 0.6 is 0 Å². The summed E-state index contributed by atoms with van der Waals surface area (Å²) in [5.41, 5.74) is 0.834. The lowest BCUT2D eigenvalue weighted by Gasteiger charge is -2.33. The molecule has 0 bridgehead atoms. The topological polar surface area (TPSA) is 57.6 Å². The smallest absolute Gasteiger partial charge is 0.335 e. The van der Waals surface area contributed by atoms with Gasteiger partial charge in [0.05, 0.1) is 12.0 Å². The Balaban J connectivity index is 2.03. The van der Waals surface area contributed by atoms with Crippen molar-refractivity contribution in [1.82, 2.24) is 4.90 Å². The maximum atomic E-state index is 12.4. The Bertz CT molecular complexity index is 511. The van der Waals surface area contributed by atoms with E-state index in [1.165, 1.54) is 6.42 Å². The Morgan fingerprint density at radius 3 is 2.81 bits per heavy atom. The van der Waals surface area contributed by atoms with Crippen molar-refractivity contribution in [3.8, 4) is 0 Å². The molecule has 4 nitrogen and oxygen atoms in total. The molecular formula is C17H23NO3. The molecule has 1 aliphatic heterocycles. The third-order valence-electron chi connectivity index (χ3n) is 4.16. The highest BCUT2D eigenvalue weighted by atomic mass is 16.4. The lowest BCUT2D eigenvalue weighted by molar-refractivity contribution is -0.132. The number of piperidine rings is 1. The molecule has 4 heteroatoms. The Hall–Kier alpha value is -1.84. The van der Waals surface area contributed by atoms with Gasteiger partial charge in [-0.25, -0.2) is 4.79 Å². The highest BCUT2D eigenvalue weighted by Crippen LogP contribution is 2.22. The second-order valence-electron chi connectivity index (χ2n) is 5.78. The third-order valence-corrected chi connectivity index (χ3v) is 4.16. The minimum absolute atomic E-state index is 0.0458. The van der Waals surface area contributed by atoms with E-state index >= 15 is 0 Å². The maximum Gasteiger partial charge on any atom is 0.335 e. The second kappa shape index (κ2) is 7.25. The summed E-state index contributed by atoms with van der Waals surface area (Å²) in [7, 11) is 0. The number of carbonyl (C=O) groups excluding carboxylic acids is 1. The molecule has 1 saturated heterocycles. The molecule has 1 aromatic carbocycles. The fourth-order valence-corrected chi connectivity index (χ4v) is 3.09.